The van der Waals surface area contributed by atoms with Crippen molar-refractivity contribution in [2.45, 2.75) is 18.2 Å². The highest BCUT2D eigenvalue weighted by atomic mass is 32.2. The minimum Gasteiger partial charge on any atom is -0.507 e. The van der Waals surface area contributed by atoms with Crippen molar-refractivity contribution in [2.24, 2.45) is 0 Å². The number of methoxy groups -OCH3 is 3. The second-order valence-corrected chi connectivity index (χ2v) is 9.37. The average Bonchev–Trinajstić information content (AvgIpc) is 2.79. The van der Waals surface area contributed by atoms with E-state index >= 15 is 0 Å². The molecule has 174 valence electrons. The number of benzene rings is 2. The van der Waals surface area contributed by atoms with Crippen LogP contribution in [-0.2, 0) is 21.2 Å². The number of hydrogen-bond donors (Lipinski definition) is 1. The van der Waals surface area contributed by atoms with Crippen LogP contribution in [-0.4, -0.2) is 76.1 Å². The zero-order chi connectivity index (χ0) is 23.5. The summed E-state index contributed by atoms with van der Waals surface area (Å²) in [6, 6.07) is 7.92. The van der Waals surface area contributed by atoms with E-state index in [1.807, 2.05) is 0 Å². The molecule has 0 radical (unpaired) electrons. The van der Waals surface area contributed by atoms with E-state index in [2.05, 4.69) is 0 Å². The van der Waals surface area contributed by atoms with Crippen molar-refractivity contribution in [2.75, 3.05) is 47.5 Å². The van der Waals surface area contributed by atoms with E-state index in [-0.39, 0.29) is 49.2 Å². The topological polar surface area (TPSA) is 106 Å². The van der Waals surface area contributed by atoms with Crippen LogP contribution in [0, 0.1) is 6.92 Å². The zero-order valence-corrected chi connectivity index (χ0v) is 19.4. The van der Waals surface area contributed by atoms with Crippen LogP contribution in [0.3, 0.4) is 0 Å². The van der Waals surface area contributed by atoms with Crippen LogP contribution >= 0.6 is 0 Å². The predicted molar refractivity (Wildman–Crippen MR) is 118 cm³/mol. The Hall–Kier alpha value is -2.98. The second-order valence-electron chi connectivity index (χ2n) is 7.47. The van der Waals surface area contributed by atoms with Crippen LogP contribution in [0.2, 0.25) is 0 Å². The number of hydrogen-bond acceptors (Lipinski definition) is 7. The van der Waals surface area contributed by atoms with Crippen molar-refractivity contribution in [1.82, 2.24) is 9.21 Å². The van der Waals surface area contributed by atoms with Gasteiger partial charge in [0.1, 0.15) is 10.6 Å². The monoisotopic (exact) mass is 464 g/mol. The molecule has 10 heteroatoms. The Morgan fingerprint density at radius 1 is 0.969 bits per heavy atom. The molecule has 1 saturated heterocycles. The quantitative estimate of drug-likeness (QED) is 0.666. The van der Waals surface area contributed by atoms with E-state index in [9.17, 15) is 18.3 Å². The maximum absolute atomic E-state index is 13.0. The third-order valence-electron chi connectivity index (χ3n) is 5.40. The van der Waals surface area contributed by atoms with Gasteiger partial charge in [-0.3, -0.25) is 4.79 Å². The van der Waals surface area contributed by atoms with Gasteiger partial charge >= 0.3 is 0 Å². The number of piperazine rings is 1. The summed E-state index contributed by atoms with van der Waals surface area (Å²) in [7, 11) is 0.676. The lowest BCUT2D eigenvalue weighted by Gasteiger charge is -2.34. The van der Waals surface area contributed by atoms with Crippen molar-refractivity contribution in [3.8, 4) is 23.0 Å². The molecule has 1 aliphatic rings. The normalized spacial score (nSPS) is 14.8. The fraction of sp³-hybridized carbons (Fsp3) is 0.409. The van der Waals surface area contributed by atoms with Crippen molar-refractivity contribution < 1.29 is 32.5 Å². The van der Waals surface area contributed by atoms with Gasteiger partial charge in [0, 0.05) is 26.2 Å². The van der Waals surface area contributed by atoms with Crippen LogP contribution < -0.4 is 14.2 Å². The minimum atomic E-state index is -3.85. The molecule has 9 nitrogen and oxygen atoms in total. The van der Waals surface area contributed by atoms with Crippen molar-refractivity contribution in [3.63, 3.8) is 0 Å². The van der Waals surface area contributed by atoms with E-state index in [4.69, 9.17) is 14.2 Å². The summed E-state index contributed by atoms with van der Waals surface area (Å²) in [6.45, 7) is 2.58. The lowest BCUT2D eigenvalue weighted by molar-refractivity contribution is -0.131. The molecule has 0 spiro atoms. The number of nitrogens with zero attached hydrogens (tertiary/aromatic N) is 2. The largest absolute Gasteiger partial charge is 0.507 e. The van der Waals surface area contributed by atoms with Crippen LogP contribution in [0.15, 0.2) is 35.2 Å². The number of aryl methyl sites for hydroxylation is 1. The highest BCUT2D eigenvalue weighted by Gasteiger charge is 2.32. The summed E-state index contributed by atoms with van der Waals surface area (Å²) in [6.07, 6.45) is 0.113. The molecular formula is C22H28N2O7S. The number of rotatable bonds is 7. The molecule has 1 aliphatic heterocycles. The Balaban J connectivity index is 1.69. The maximum Gasteiger partial charge on any atom is 0.246 e. The smallest absolute Gasteiger partial charge is 0.246 e. The van der Waals surface area contributed by atoms with E-state index in [1.54, 1.807) is 30.0 Å². The second kappa shape index (κ2) is 9.66. The van der Waals surface area contributed by atoms with Crippen molar-refractivity contribution in [3.05, 3.63) is 41.5 Å². The van der Waals surface area contributed by atoms with Gasteiger partial charge in [-0.1, -0.05) is 6.07 Å². The molecule has 0 aromatic heterocycles. The van der Waals surface area contributed by atoms with Gasteiger partial charge in [0.2, 0.25) is 21.7 Å². The highest BCUT2D eigenvalue weighted by Crippen LogP contribution is 2.38. The maximum atomic E-state index is 13.0. The van der Waals surface area contributed by atoms with Crippen molar-refractivity contribution in [1.29, 1.82) is 0 Å². The first-order valence-corrected chi connectivity index (χ1v) is 11.5. The Bertz CT molecular complexity index is 1070. The summed E-state index contributed by atoms with van der Waals surface area (Å²) in [5, 5.41) is 10.0. The molecule has 1 heterocycles. The van der Waals surface area contributed by atoms with Gasteiger partial charge in [-0.15, -0.1) is 0 Å². The Morgan fingerprint density at radius 2 is 1.56 bits per heavy atom. The molecule has 2 aromatic rings. The molecule has 1 amide bonds. The number of amides is 1. The standard InChI is InChI=1S/C22H28N2O7S/c1-15-5-6-17(25)20(11-15)32(27,28)24-9-7-23(8-10-24)21(26)14-16-12-18(29-2)22(31-4)19(13-16)30-3/h5-6,11-13,25H,7-10,14H2,1-4H3. The third kappa shape index (κ3) is 4.76. The molecule has 32 heavy (non-hydrogen) atoms. The van der Waals surface area contributed by atoms with Gasteiger partial charge < -0.3 is 24.2 Å². The van der Waals surface area contributed by atoms with Gasteiger partial charge in [-0.2, -0.15) is 4.31 Å². The molecule has 0 unspecified atom stereocenters. The van der Waals surface area contributed by atoms with Crippen LogP contribution in [0.4, 0.5) is 0 Å². The molecular weight excluding hydrogens is 436 g/mol. The number of phenolic OH excluding ortho intramolecular Hbond substituents is 1. The molecule has 1 N–H and O–H groups in total. The molecule has 0 aliphatic carbocycles. The fourth-order valence-electron chi connectivity index (χ4n) is 3.67. The highest BCUT2D eigenvalue weighted by molar-refractivity contribution is 7.89. The van der Waals surface area contributed by atoms with Gasteiger partial charge in [-0.25, -0.2) is 8.42 Å². The molecule has 1 fully saturated rings. The van der Waals surface area contributed by atoms with Gasteiger partial charge in [0.15, 0.2) is 11.5 Å². The van der Waals surface area contributed by atoms with Crippen molar-refractivity contribution >= 4 is 15.9 Å². The molecule has 0 bridgehead atoms. The number of phenols is 1. The van der Waals surface area contributed by atoms with E-state index in [0.717, 1.165) is 5.56 Å². The Labute approximate surface area is 188 Å². The van der Waals surface area contributed by atoms with Gasteiger partial charge in [0.25, 0.3) is 0 Å². The lowest BCUT2D eigenvalue weighted by atomic mass is 10.1. The first kappa shape index (κ1) is 23.7. The number of carbonyl (C=O) groups is 1. The Kier molecular flexibility index (Phi) is 7.15. The van der Waals surface area contributed by atoms with E-state index in [0.29, 0.717) is 22.8 Å². The summed E-state index contributed by atoms with van der Waals surface area (Å²) in [4.78, 5) is 14.4. The summed E-state index contributed by atoms with van der Waals surface area (Å²) in [5.74, 6) is 0.961. The number of ether oxygens (including phenoxy) is 3. The number of aromatic hydroxyl groups is 1. The first-order valence-electron chi connectivity index (χ1n) is 10.1. The summed E-state index contributed by atoms with van der Waals surface area (Å²) < 4.78 is 43.2. The molecule has 3 rings (SSSR count). The minimum absolute atomic E-state index is 0.113. The SMILES string of the molecule is COc1cc(CC(=O)N2CCN(S(=O)(=O)c3cc(C)ccc3O)CC2)cc(OC)c1OC. The van der Waals surface area contributed by atoms with Crippen LogP contribution in [0.25, 0.3) is 0 Å². The van der Waals surface area contributed by atoms with Crippen LogP contribution in [0.5, 0.6) is 23.0 Å². The van der Waals surface area contributed by atoms with Gasteiger partial charge in [0.05, 0.1) is 27.8 Å². The summed E-state index contributed by atoms with van der Waals surface area (Å²) >= 11 is 0. The molecule has 0 atom stereocenters. The predicted octanol–water partition coefficient (Wildman–Crippen LogP) is 1.80. The summed E-state index contributed by atoms with van der Waals surface area (Å²) in [5.41, 5.74) is 1.43. The van der Waals surface area contributed by atoms with E-state index < -0.39 is 10.0 Å². The lowest BCUT2D eigenvalue weighted by Crippen LogP contribution is -2.50. The molecule has 2 aromatic carbocycles. The average molecular weight is 465 g/mol. The third-order valence-corrected chi connectivity index (χ3v) is 7.33. The molecule has 0 saturated carbocycles. The first-order chi connectivity index (χ1) is 15.2. The van der Waals surface area contributed by atoms with Gasteiger partial charge in [-0.05, 0) is 42.3 Å². The van der Waals surface area contributed by atoms with Crippen LogP contribution in [0.1, 0.15) is 11.1 Å². The number of sulfonamides is 1. The Morgan fingerprint density at radius 3 is 2.09 bits per heavy atom. The zero-order valence-electron chi connectivity index (χ0n) is 18.6. The van der Waals surface area contributed by atoms with E-state index in [1.165, 1.54) is 37.8 Å². The number of carbonyl (C=O) groups excluding carboxylic acids is 1. The fourth-order valence-corrected chi connectivity index (χ4v) is 5.26.